The molecule has 7 heteroatoms. The Morgan fingerprint density at radius 2 is 1.96 bits per heavy atom. The van der Waals surface area contributed by atoms with Crippen molar-refractivity contribution in [2.24, 2.45) is 0 Å². The molecule has 0 N–H and O–H groups in total. The van der Waals surface area contributed by atoms with E-state index in [0.717, 1.165) is 22.1 Å². The highest BCUT2D eigenvalue weighted by atomic mass is 35.5. The topological polar surface area (TPSA) is 56.2 Å². The smallest absolute Gasteiger partial charge is 0.205 e. The first kappa shape index (κ1) is 14.3. The molecule has 0 spiro atoms. The molecule has 0 aliphatic rings. The molecule has 0 amide bonds. The van der Waals surface area contributed by atoms with Gasteiger partial charge < -0.3 is 4.42 Å². The van der Waals surface area contributed by atoms with Gasteiger partial charge in [0.15, 0.2) is 16.6 Å². The Bertz CT molecular complexity index is 948. The first-order chi connectivity index (χ1) is 11.3. The Morgan fingerprint density at radius 1 is 1.09 bits per heavy atom. The maximum absolute atomic E-state index is 5.89. The predicted molar refractivity (Wildman–Crippen MR) is 89.5 cm³/mol. The number of fused-ring (bicyclic) bond motifs is 1. The highest BCUT2D eigenvalue weighted by molar-refractivity contribution is 7.98. The van der Waals surface area contributed by atoms with Crippen LogP contribution in [0.3, 0.4) is 0 Å². The van der Waals surface area contributed by atoms with Crippen molar-refractivity contribution >= 4 is 29.0 Å². The lowest BCUT2D eigenvalue weighted by molar-refractivity contribution is 0.530. The van der Waals surface area contributed by atoms with Crippen LogP contribution in [0, 0.1) is 0 Å². The minimum absolute atomic E-state index is 0.587. The fraction of sp³-hybridized carbons (Fsp3) is 0.0625. The highest BCUT2D eigenvalue weighted by Gasteiger charge is 2.10. The largest absolute Gasteiger partial charge is 0.440 e. The molecule has 0 atom stereocenters. The molecule has 0 aliphatic heterocycles. The van der Waals surface area contributed by atoms with E-state index in [1.54, 1.807) is 6.20 Å². The third kappa shape index (κ3) is 2.95. The monoisotopic (exact) mass is 342 g/mol. The average molecular weight is 343 g/mol. The minimum Gasteiger partial charge on any atom is -0.440 e. The molecule has 0 saturated heterocycles. The molecule has 0 bridgehead atoms. The normalized spacial score (nSPS) is 11.2. The molecule has 0 fully saturated rings. The molecule has 0 radical (unpaired) electrons. The van der Waals surface area contributed by atoms with E-state index in [1.165, 1.54) is 11.8 Å². The number of rotatable bonds is 4. The zero-order valence-corrected chi connectivity index (χ0v) is 13.5. The predicted octanol–water partition coefficient (Wildman–Crippen LogP) is 4.33. The molecule has 3 aromatic heterocycles. The van der Waals surface area contributed by atoms with E-state index in [0.29, 0.717) is 16.7 Å². The van der Waals surface area contributed by atoms with Crippen LogP contribution in [0.2, 0.25) is 5.02 Å². The number of hydrogen-bond acceptors (Lipinski definition) is 5. The second-order valence-electron chi connectivity index (χ2n) is 4.83. The Hall–Kier alpha value is -2.31. The van der Waals surface area contributed by atoms with E-state index in [9.17, 15) is 0 Å². The second-order valence-corrected chi connectivity index (χ2v) is 6.20. The van der Waals surface area contributed by atoms with Crippen LogP contribution in [0.4, 0.5) is 0 Å². The molecule has 1 aromatic carbocycles. The van der Waals surface area contributed by atoms with E-state index in [2.05, 4.69) is 15.2 Å². The molecule has 0 unspecified atom stereocenters. The molecule has 0 saturated carbocycles. The molecule has 23 heavy (non-hydrogen) atoms. The number of benzene rings is 1. The van der Waals surface area contributed by atoms with Gasteiger partial charge in [-0.3, -0.25) is 4.40 Å². The van der Waals surface area contributed by atoms with E-state index in [1.807, 2.05) is 53.1 Å². The van der Waals surface area contributed by atoms with Crippen molar-refractivity contribution in [3.8, 4) is 11.3 Å². The van der Waals surface area contributed by atoms with Gasteiger partial charge in [-0.05, 0) is 36.4 Å². The Morgan fingerprint density at radius 3 is 2.83 bits per heavy atom. The summed E-state index contributed by atoms with van der Waals surface area (Å²) in [5.41, 5.74) is 1.77. The fourth-order valence-electron chi connectivity index (χ4n) is 2.17. The van der Waals surface area contributed by atoms with Gasteiger partial charge in [0.1, 0.15) is 0 Å². The van der Waals surface area contributed by atoms with Crippen molar-refractivity contribution in [3.63, 3.8) is 0 Å². The van der Waals surface area contributed by atoms with Crippen LogP contribution in [0.15, 0.2) is 64.4 Å². The number of oxazole rings is 1. The molecule has 0 aliphatic carbocycles. The lowest BCUT2D eigenvalue weighted by Gasteiger charge is -1.98. The summed E-state index contributed by atoms with van der Waals surface area (Å²) in [5, 5.41) is 9.81. The molecular weight excluding hydrogens is 332 g/mol. The standard InChI is InChI=1S/C16H11ClN4OS/c17-12-6-4-11(5-7-12)13-9-18-15(22-13)10-23-16-20-19-14-3-1-2-8-21(14)16/h1-9H,10H2. The Balaban J connectivity index is 1.51. The van der Waals surface area contributed by atoms with Gasteiger partial charge in [-0.25, -0.2) is 4.98 Å². The number of hydrogen-bond donors (Lipinski definition) is 0. The van der Waals surface area contributed by atoms with Gasteiger partial charge in [-0.2, -0.15) is 0 Å². The van der Waals surface area contributed by atoms with Crippen LogP contribution < -0.4 is 0 Å². The van der Waals surface area contributed by atoms with Crippen LogP contribution in [-0.4, -0.2) is 19.6 Å². The van der Waals surface area contributed by atoms with Crippen LogP contribution in [0.5, 0.6) is 0 Å². The van der Waals surface area contributed by atoms with Gasteiger partial charge in [0.2, 0.25) is 5.89 Å². The van der Waals surface area contributed by atoms with Crippen molar-refractivity contribution in [1.29, 1.82) is 0 Å². The van der Waals surface area contributed by atoms with E-state index < -0.39 is 0 Å². The molecule has 3 heterocycles. The number of pyridine rings is 1. The van der Waals surface area contributed by atoms with Crippen molar-refractivity contribution in [2.45, 2.75) is 10.9 Å². The maximum atomic E-state index is 5.89. The van der Waals surface area contributed by atoms with E-state index in [4.69, 9.17) is 16.0 Å². The van der Waals surface area contributed by atoms with Crippen molar-refractivity contribution in [1.82, 2.24) is 19.6 Å². The van der Waals surface area contributed by atoms with Gasteiger partial charge in [0, 0.05) is 16.8 Å². The van der Waals surface area contributed by atoms with Crippen molar-refractivity contribution in [3.05, 3.63) is 65.8 Å². The Labute approximate surface area is 141 Å². The summed E-state index contributed by atoms with van der Waals surface area (Å²) in [7, 11) is 0. The molecule has 114 valence electrons. The second kappa shape index (κ2) is 6.06. The first-order valence-corrected chi connectivity index (χ1v) is 8.29. The number of aromatic nitrogens is 4. The summed E-state index contributed by atoms with van der Waals surface area (Å²) in [6.07, 6.45) is 3.66. The van der Waals surface area contributed by atoms with Gasteiger partial charge >= 0.3 is 0 Å². The summed E-state index contributed by atoms with van der Waals surface area (Å²) in [6.45, 7) is 0. The third-order valence-corrected chi connectivity index (χ3v) is 4.47. The lowest BCUT2D eigenvalue weighted by Crippen LogP contribution is -1.87. The van der Waals surface area contributed by atoms with Gasteiger partial charge in [0.25, 0.3) is 0 Å². The van der Waals surface area contributed by atoms with Crippen LogP contribution >= 0.6 is 23.4 Å². The zero-order valence-electron chi connectivity index (χ0n) is 11.9. The summed E-state index contributed by atoms with van der Waals surface area (Å²) in [5.74, 6) is 1.96. The van der Waals surface area contributed by atoms with E-state index >= 15 is 0 Å². The van der Waals surface area contributed by atoms with Gasteiger partial charge in [-0.1, -0.05) is 29.4 Å². The summed E-state index contributed by atoms with van der Waals surface area (Å²) in [6, 6.07) is 13.3. The Kier molecular flexibility index (Phi) is 3.77. The summed E-state index contributed by atoms with van der Waals surface area (Å²) >= 11 is 7.43. The molecule has 5 nitrogen and oxygen atoms in total. The summed E-state index contributed by atoms with van der Waals surface area (Å²) < 4.78 is 7.73. The van der Waals surface area contributed by atoms with Crippen LogP contribution in [-0.2, 0) is 5.75 Å². The van der Waals surface area contributed by atoms with Crippen LogP contribution in [0.25, 0.3) is 17.0 Å². The third-order valence-electron chi connectivity index (χ3n) is 3.29. The zero-order chi connectivity index (χ0) is 15.6. The quantitative estimate of drug-likeness (QED) is 0.517. The molecule has 4 rings (SSSR count). The average Bonchev–Trinajstić information content (AvgIpc) is 3.20. The molecule has 4 aromatic rings. The fourth-order valence-corrected chi connectivity index (χ4v) is 3.07. The minimum atomic E-state index is 0.587. The van der Waals surface area contributed by atoms with Gasteiger partial charge in [0.05, 0.1) is 11.9 Å². The number of thioether (sulfide) groups is 1. The SMILES string of the molecule is Clc1ccc(-c2cnc(CSc3nnc4ccccn34)o2)cc1. The number of halogens is 1. The number of nitrogens with zero attached hydrogens (tertiary/aromatic N) is 4. The maximum Gasteiger partial charge on any atom is 0.205 e. The van der Waals surface area contributed by atoms with E-state index in [-0.39, 0.29) is 0 Å². The van der Waals surface area contributed by atoms with Crippen molar-refractivity contribution < 1.29 is 4.42 Å². The van der Waals surface area contributed by atoms with Crippen LogP contribution in [0.1, 0.15) is 5.89 Å². The highest BCUT2D eigenvalue weighted by Crippen LogP contribution is 2.26. The van der Waals surface area contributed by atoms with Gasteiger partial charge in [-0.15, -0.1) is 10.2 Å². The molecular formula is C16H11ClN4OS. The summed E-state index contributed by atoms with van der Waals surface area (Å²) in [4.78, 5) is 4.32. The van der Waals surface area contributed by atoms with Crippen molar-refractivity contribution in [2.75, 3.05) is 0 Å². The first-order valence-electron chi connectivity index (χ1n) is 6.93. The lowest BCUT2D eigenvalue weighted by atomic mass is 10.2.